The Bertz CT molecular complexity index is 1060. The molecular weight excluding hydrogens is 386 g/mol. The van der Waals surface area contributed by atoms with Crippen molar-refractivity contribution in [2.24, 2.45) is 0 Å². The van der Waals surface area contributed by atoms with Crippen LogP contribution in [-0.4, -0.2) is 58.5 Å². The maximum absolute atomic E-state index is 11.9. The topological polar surface area (TPSA) is 89.7 Å². The van der Waals surface area contributed by atoms with Crippen LogP contribution >= 0.6 is 11.3 Å². The lowest BCUT2D eigenvalue weighted by atomic mass is 9.99. The molecule has 0 saturated carbocycles. The number of piperidine rings is 1. The number of hydrogen-bond donors (Lipinski definition) is 0. The fourth-order valence-electron chi connectivity index (χ4n) is 3.34. The van der Waals surface area contributed by atoms with E-state index in [-0.39, 0.29) is 5.92 Å². The first-order valence-electron chi connectivity index (χ1n) is 8.86. The van der Waals surface area contributed by atoms with Crippen molar-refractivity contribution < 1.29 is 13.2 Å². The van der Waals surface area contributed by atoms with E-state index in [0.29, 0.717) is 24.7 Å². The van der Waals surface area contributed by atoms with Crippen molar-refractivity contribution in [3.63, 3.8) is 0 Å². The molecule has 3 aromatic rings. The Kier molecular flexibility index (Phi) is 4.87. The molecule has 1 aromatic carbocycles. The zero-order valence-corrected chi connectivity index (χ0v) is 16.8. The standard InChI is InChI=1S/C17H21N5O3S2/c1-3-25-14-8-4-6-12(10-14)16-20-22-15(18-19-17(22)26-16)13-7-5-9-21(11-13)27(2,23)24/h4,6,8,10,13H,3,5,7,9,11H2,1-2H3. The summed E-state index contributed by atoms with van der Waals surface area (Å²) in [5.41, 5.74) is 0.962. The van der Waals surface area contributed by atoms with Gasteiger partial charge in [0.1, 0.15) is 10.8 Å². The van der Waals surface area contributed by atoms with Crippen molar-refractivity contribution in [2.75, 3.05) is 26.0 Å². The number of rotatable bonds is 5. The summed E-state index contributed by atoms with van der Waals surface area (Å²) in [6, 6.07) is 7.80. The molecule has 0 radical (unpaired) electrons. The predicted molar refractivity (Wildman–Crippen MR) is 104 cm³/mol. The molecule has 0 amide bonds. The fourth-order valence-corrected chi connectivity index (χ4v) is 5.10. The molecule has 1 fully saturated rings. The molecule has 27 heavy (non-hydrogen) atoms. The molecule has 1 atom stereocenters. The van der Waals surface area contributed by atoms with Crippen molar-refractivity contribution in [3.8, 4) is 16.3 Å². The summed E-state index contributed by atoms with van der Waals surface area (Å²) in [5, 5.41) is 14.1. The molecule has 10 heteroatoms. The number of fused-ring (bicyclic) bond motifs is 1. The summed E-state index contributed by atoms with van der Waals surface area (Å²) >= 11 is 1.46. The fraction of sp³-hybridized carbons (Fsp3) is 0.471. The van der Waals surface area contributed by atoms with E-state index in [1.165, 1.54) is 21.9 Å². The third-order valence-electron chi connectivity index (χ3n) is 4.63. The predicted octanol–water partition coefficient (Wildman–Crippen LogP) is 2.39. The van der Waals surface area contributed by atoms with Crippen LogP contribution in [0.2, 0.25) is 0 Å². The highest BCUT2D eigenvalue weighted by Gasteiger charge is 2.30. The van der Waals surface area contributed by atoms with Gasteiger partial charge >= 0.3 is 0 Å². The zero-order chi connectivity index (χ0) is 19.0. The van der Waals surface area contributed by atoms with E-state index in [2.05, 4.69) is 10.2 Å². The number of sulfonamides is 1. The van der Waals surface area contributed by atoms with E-state index in [1.807, 2.05) is 31.2 Å². The van der Waals surface area contributed by atoms with Crippen LogP contribution in [0, 0.1) is 0 Å². The minimum absolute atomic E-state index is 0.00631. The monoisotopic (exact) mass is 407 g/mol. The average Bonchev–Trinajstić information content (AvgIpc) is 3.22. The normalized spacial score (nSPS) is 18.8. The SMILES string of the molecule is CCOc1cccc(-c2nn3c(C4CCCN(S(C)(=O)=O)C4)nnc3s2)c1. The Balaban J connectivity index is 1.66. The molecule has 0 N–H and O–H groups in total. The van der Waals surface area contributed by atoms with E-state index in [0.717, 1.165) is 35.0 Å². The lowest BCUT2D eigenvalue weighted by molar-refractivity contribution is 0.309. The molecule has 8 nitrogen and oxygen atoms in total. The molecule has 0 spiro atoms. The second-order valence-corrected chi connectivity index (χ2v) is 9.52. The first-order chi connectivity index (χ1) is 13.0. The molecule has 1 unspecified atom stereocenters. The highest BCUT2D eigenvalue weighted by atomic mass is 32.2. The summed E-state index contributed by atoms with van der Waals surface area (Å²) in [6.07, 6.45) is 2.93. The van der Waals surface area contributed by atoms with Gasteiger partial charge in [0, 0.05) is 24.6 Å². The quantitative estimate of drug-likeness (QED) is 0.645. The summed E-state index contributed by atoms with van der Waals surface area (Å²) < 4.78 is 32.6. The van der Waals surface area contributed by atoms with E-state index in [4.69, 9.17) is 9.84 Å². The van der Waals surface area contributed by atoms with E-state index in [1.54, 1.807) is 4.52 Å². The summed E-state index contributed by atoms with van der Waals surface area (Å²) in [5.74, 6) is 1.52. The molecule has 3 heterocycles. The second kappa shape index (κ2) is 7.17. The van der Waals surface area contributed by atoms with Gasteiger partial charge in [-0.15, -0.1) is 10.2 Å². The van der Waals surface area contributed by atoms with Gasteiger partial charge in [0.2, 0.25) is 15.0 Å². The van der Waals surface area contributed by atoms with Crippen LogP contribution in [0.25, 0.3) is 15.5 Å². The van der Waals surface area contributed by atoms with Crippen LogP contribution in [-0.2, 0) is 10.0 Å². The Hall–Kier alpha value is -2.04. The first kappa shape index (κ1) is 18.3. The largest absolute Gasteiger partial charge is 0.494 e. The minimum atomic E-state index is -3.21. The highest BCUT2D eigenvalue weighted by molar-refractivity contribution is 7.88. The highest BCUT2D eigenvalue weighted by Crippen LogP contribution is 2.32. The van der Waals surface area contributed by atoms with Gasteiger partial charge in [0.15, 0.2) is 5.82 Å². The number of nitrogens with zero attached hydrogens (tertiary/aromatic N) is 5. The first-order valence-corrected chi connectivity index (χ1v) is 11.5. The van der Waals surface area contributed by atoms with Gasteiger partial charge in [-0.3, -0.25) is 0 Å². The van der Waals surface area contributed by atoms with E-state index in [9.17, 15) is 8.42 Å². The number of hydrogen-bond acceptors (Lipinski definition) is 7. The summed E-state index contributed by atoms with van der Waals surface area (Å²) in [4.78, 5) is 0.707. The van der Waals surface area contributed by atoms with Crippen LogP contribution < -0.4 is 4.74 Å². The third kappa shape index (κ3) is 3.69. The molecule has 2 aromatic heterocycles. The zero-order valence-electron chi connectivity index (χ0n) is 15.2. The van der Waals surface area contributed by atoms with Gasteiger partial charge in [-0.25, -0.2) is 12.7 Å². The second-order valence-electron chi connectivity index (χ2n) is 6.58. The van der Waals surface area contributed by atoms with Gasteiger partial charge in [-0.2, -0.15) is 9.61 Å². The van der Waals surface area contributed by atoms with Crippen LogP contribution in [0.4, 0.5) is 0 Å². The smallest absolute Gasteiger partial charge is 0.234 e. The molecule has 0 aliphatic carbocycles. The number of ether oxygens (including phenoxy) is 1. The van der Waals surface area contributed by atoms with Crippen LogP contribution in [0.3, 0.4) is 0 Å². The van der Waals surface area contributed by atoms with Crippen molar-refractivity contribution >= 4 is 26.3 Å². The Morgan fingerprint density at radius 1 is 1.33 bits per heavy atom. The molecule has 1 aliphatic heterocycles. The number of benzene rings is 1. The molecule has 144 valence electrons. The Labute approximate surface area is 161 Å². The maximum atomic E-state index is 11.9. The van der Waals surface area contributed by atoms with Crippen molar-refractivity contribution in [1.29, 1.82) is 0 Å². The average molecular weight is 408 g/mol. The molecule has 0 bridgehead atoms. The van der Waals surface area contributed by atoms with E-state index >= 15 is 0 Å². The van der Waals surface area contributed by atoms with Crippen LogP contribution in [0.1, 0.15) is 31.5 Å². The third-order valence-corrected chi connectivity index (χ3v) is 6.84. The van der Waals surface area contributed by atoms with Crippen molar-refractivity contribution in [1.82, 2.24) is 24.1 Å². The van der Waals surface area contributed by atoms with Crippen molar-refractivity contribution in [2.45, 2.75) is 25.7 Å². The Morgan fingerprint density at radius 3 is 2.96 bits per heavy atom. The van der Waals surface area contributed by atoms with Gasteiger partial charge in [0.25, 0.3) is 0 Å². The van der Waals surface area contributed by atoms with Crippen LogP contribution in [0.5, 0.6) is 5.75 Å². The Morgan fingerprint density at radius 2 is 2.19 bits per heavy atom. The lowest BCUT2D eigenvalue weighted by Gasteiger charge is -2.29. The number of aromatic nitrogens is 4. The minimum Gasteiger partial charge on any atom is -0.494 e. The molecule has 4 rings (SSSR count). The summed E-state index contributed by atoms with van der Waals surface area (Å²) in [6.45, 7) is 3.54. The van der Waals surface area contributed by atoms with Gasteiger partial charge in [-0.1, -0.05) is 23.5 Å². The molecule has 1 saturated heterocycles. The summed E-state index contributed by atoms with van der Waals surface area (Å²) in [7, 11) is -3.21. The lowest BCUT2D eigenvalue weighted by Crippen LogP contribution is -2.38. The maximum Gasteiger partial charge on any atom is 0.234 e. The molecular formula is C17H21N5O3S2. The van der Waals surface area contributed by atoms with Gasteiger partial charge in [0.05, 0.1) is 12.9 Å². The van der Waals surface area contributed by atoms with Gasteiger partial charge < -0.3 is 4.74 Å². The van der Waals surface area contributed by atoms with Crippen molar-refractivity contribution in [3.05, 3.63) is 30.1 Å². The van der Waals surface area contributed by atoms with Gasteiger partial charge in [-0.05, 0) is 31.9 Å². The molecule has 1 aliphatic rings. The van der Waals surface area contributed by atoms with E-state index < -0.39 is 10.0 Å². The van der Waals surface area contributed by atoms with Crippen LogP contribution in [0.15, 0.2) is 24.3 Å².